The van der Waals surface area contributed by atoms with Gasteiger partial charge in [0.1, 0.15) is 0 Å². The molecule has 1 aromatic rings. The number of benzene rings is 1. The van der Waals surface area contributed by atoms with Gasteiger partial charge in [-0.3, -0.25) is 9.79 Å². The largest absolute Gasteiger partial charge is 0.369 e. The fourth-order valence-electron chi connectivity index (χ4n) is 2.86. The number of primary amides is 1. The predicted octanol–water partition coefficient (Wildman–Crippen LogP) is 2.25. The van der Waals surface area contributed by atoms with Crippen LogP contribution in [0.15, 0.2) is 23.2 Å². The molecule has 3 N–H and O–H groups in total. The summed E-state index contributed by atoms with van der Waals surface area (Å²) in [5.74, 6) is 0.502. The van der Waals surface area contributed by atoms with E-state index in [0.717, 1.165) is 43.7 Å². The van der Waals surface area contributed by atoms with E-state index in [1.165, 1.54) is 11.3 Å². The van der Waals surface area contributed by atoms with Crippen molar-refractivity contribution in [3.63, 3.8) is 0 Å². The van der Waals surface area contributed by atoms with Crippen molar-refractivity contribution in [3.8, 4) is 0 Å². The van der Waals surface area contributed by atoms with Gasteiger partial charge < -0.3 is 20.9 Å². The minimum absolute atomic E-state index is 0.335. The average Bonchev–Trinajstić information content (AvgIpc) is 2.61. The molecule has 0 saturated carbocycles. The number of nitrogens with two attached hydrogens (primary N) is 1. The van der Waals surface area contributed by atoms with Gasteiger partial charge in [-0.25, -0.2) is 0 Å². The Morgan fingerprint density at radius 2 is 1.96 bits per heavy atom. The van der Waals surface area contributed by atoms with Crippen LogP contribution in [0.1, 0.15) is 26.3 Å². The SMILES string of the molecule is CCNC(=NCC(C)(C)C(N)=O)N1CCN(c2cc(Cl)ccc2C)CC1. The summed E-state index contributed by atoms with van der Waals surface area (Å²) in [6.07, 6.45) is 0. The second-order valence-electron chi connectivity index (χ2n) is 7.32. The molecule has 1 aliphatic rings. The number of halogens is 1. The molecule has 0 spiro atoms. The summed E-state index contributed by atoms with van der Waals surface area (Å²) in [5.41, 5.74) is 7.22. The van der Waals surface area contributed by atoms with Crippen molar-refractivity contribution < 1.29 is 4.79 Å². The molecule has 26 heavy (non-hydrogen) atoms. The lowest BCUT2D eigenvalue weighted by Crippen LogP contribution is -2.53. The van der Waals surface area contributed by atoms with Gasteiger partial charge in [-0.05, 0) is 45.4 Å². The lowest BCUT2D eigenvalue weighted by molar-refractivity contribution is -0.125. The van der Waals surface area contributed by atoms with Crippen molar-refractivity contribution in [2.24, 2.45) is 16.1 Å². The topological polar surface area (TPSA) is 74.0 Å². The molecule has 0 aromatic heterocycles. The smallest absolute Gasteiger partial charge is 0.224 e. The van der Waals surface area contributed by atoms with Crippen molar-refractivity contribution in [2.45, 2.75) is 27.7 Å². The summed E-state index contributed by atoms with van der Waals surface area (Å²) in [7, 11) is 0. The zero-order chi connectivity index (χ0) is 19.3. The van der Waals surface area contributed by atoms with Gasteiger partial charge in [0.15, 0.2) is 5.96 Å². The lowest BCUT2D eigenvalue weighted by Gasteiger charge is -2.38. The van der Waals surface area contributed by atoms with Gasteiger partial charge in [0.25, 0.3) is 0 Å². The summed E-state index contributed by atoms with van der Waals surface area (Å²) in [6.45, 7) is 12.4. The van der Waals surface area contributed by atoms with Crippen LogP contribution < -0.4 is 16.0 Å². The molecule has 1 aromatic carbocycles. The van der Waals surface area contributed by atoms with Gasteiger partial charge in [0.2, 0.25) is 5.91 Å². The highest BCUT2D eigenvalue weighted by molar-refractivity contribution is 6.30. The number of aliphatic imine (C=N–C) groups is 1. The third-order valence-corrected chi connectivity index (χ3v) is 4.95. The number of anilines is 1. The van der Waals surface area contributed by atoms with Crippen LogP contribution in [0.2, 0.25) is 5.02 Å². The zero-order valence-electron chi connectivity index (χ0n) is 16.2. The number of aryl methyl sites for hydroxylation is 1. The number of piperazine rings is 1. The highest BCUT2D eigenvalue weighted by Gasteiger charge is 2.26. The van der Waals surface area contributed by atoms with E-state index in [9.17, 15) is 4.79 Å². The number of amides is 1. The van der Waals surface area contributed by atoms with Crippen molar-refractivity contribution in [1.29, 1.82) is 0 Å². The maximum Gasteiger partial charge on any atom is 0.224 e. The minimum Gasteiger partial charge on any atom is -0.369 e. The van der Waals surface area contributed by atoms with Gasteiger partial charge in [0.05, 0.1) is 12.0 Å². The Hall–Kier alpha value is -1.95. The Morgan fingerprint density at radius 3 is 2.54 bits per heavy atom. The number of guanidine groups is 1. The molecule has 0 aliphatic carbocycles. The maximum atomic E-state index is 11.5. The normalized spacial score (nSPS) is 16.0. The van der Waals surface area contributed by atoms with Gasteiger partial charge in [-0.2, -0.15) is 0 Å². The van der Waals surface area contributed by atoms with Gasteiger partial charge in [-0.1, -0.05) is 17.7 Å². The van der Waals surface area contributed by atoms with Crippen LogP contribution in [0.4, 0.5) is 5.69 Å². The van der Waals surface area contributed by atoms with Crippen molar-refractivity contribution in [3.05, 3.63) is 28.8 Å². The number of hydrogen-bond donors (Lipinski definition) is 2. The Morgan fingerprint density at radius 1 is 1.31 bits per heavy atom. The van der Waals surface area contributed by atoms with Crippen molar-refractivity contribution >= 4 is 29.2 Å². The molecule has 1 saturated heterocycles. The maximum absolute atomic E-state index is 11.5. The first-order valence-corrected chi connectivity index (χ1v) is 9.46. The fourth-order valence-corrected chi connectivity index (χ4v) is 3.02. The first-order valence-electron chi connectivity index (χ1n) is 9.09. The monoisotopic (exact) mass is 379 g/mol. The second-order valence-corrected chi connectivity index (χ2v) is 7.76. The molecule has 1 aliphatic heterocycles. The highest BCUT2D eigenvalue weighted by Crippen LogP contribution is 2.25. The quantitative estimate of drug-likeness (QED) is 0.607. The third kappa shape index (κ3) is 5.04. The number of carbonyl (C=O) groups is 1. The average molecular weight is 380 g/mol. The van der Waals surface area contributed by atoms with Crippen LogP contribution in [0.3, 0.4) is 0 Å². The minimum atomic E-state index is -0.652. The molecule has 1 amide bonds. The second kappa shape index (κ2) is 8.62. The summed E-state index contributed by atoms with van der Waals surface area (Å²) in [5, 5.41) is 4.08. The molecule has 1 fully saturated rings. The van der Waals surface area contributed by atoms with E-state index in [2.05, 4.69) is 33.1 Å². The molecule has 7 heteroatoms. The molecule has 0 atom stereocenters. The zero-order valence-corrected chi connectivity index (χ0v) is 16.9. The van der Waals surface area contributed by atoms with Crippen LogP contribution in [0, 0.1) is 12.3 Å². The first kappa shape index (κ1) is 20.4. The highest BCUT2D eigenvalue weighted by atomic mass is 35.5. The van der Waals surface area contributed by atoms with E-state index in [1.54, 1.807) is 0 Å². The van der Waals surface area contributed by atoms with Crippen LogP contribution in [0.5, 0.6) is 0 Å². The Balaban J connectivity index is 2.05. The number of rotatable bonds is 5. The van der Waals surface area contributed by atoms with Gasteiger partial charge in [-0.15, -0.1) is 0 Å². The number of nitrogens with one attached hydrogen (secondary N) is 1. The molecule has 2 rings (SSSR count). The molecule has 6 nitrogen and oxygen atoms in total. The molecular formula is C19H30ClN5O. The molecule has 144 valence electrons. The van der Waals surface area contributed by atoms with E-state index >= 15 is 0 Å². The molecule has 0 radical (unpaired) electrons. The summed E-state index contributed by atoms with van der Waals surface area (Å²) < 4.78 is 0. The molecule has 0 unspecified atom stereocenters. The fraction of sp³-hybridized carbons (Fsp3) is 0.579. The Bertz CT molecular complexity index is 666. The van der Waals surface area contributed by atoms with Crippen molar-refractivity contribution in [2.75, 3.05) is 44.2 Å². The first-order chi connectivity index (χ1) is 12.2. The van der Waals surface area contributed by atoms with Gasteiger partial charge in [0, 0.05) is 43.4 Å². The van der Waals surface area contributed by atoms with E-state index in [0.29, 0.717) is 6.54 Å². The summed E-state index contributed by atoms with van der Waals surface area (Å²) >= 11 is 6.16. The van der Waals surface area contributed by atoms with E-state index in [4.69, 9.17) is 17.3 Å². The van der Waals surface area contributed by atoms with Gasteiger partial charge >= 0.3 is 0 Å². The number of carbonyl (C=O) groups excluding carboxylic acids is 1. The molecule has 0 bridgehead atoms. The van der Waals surface area contributed by atoms with Crippen LogP contribution in [-0.2, 0) is 4.79 Å². The van der Waals surface area contributed by atoms with E-state index in [1.807, 2.05) is 32.9 Å². The summed E-state index contributed by atoms with van der Waals surface area (Å²) in [4.78, 5) is 20.8. The third-order valence-electron chi connectivity index (χ3n) is 4.72. The predicted molar refractivity (Wildman–Crippen MR) is 109 cm³/mol. The summed E-state index contributed by atoms with van der Waals surface area (Å²) in [6, 6.07) is 6.01. The number of hydrogen-bond acceptors (Lipinski definition) is 3. The van der Waals surface area contributed by atoms with E-state index in [-0.39, 0.29) is 5.91 Å². The Kier molecular flexibility index (Phi) is 6.75. The number of nitrogens with zero attached hydrogens (tertiary/aromatic N) is 3. The standard InChI is InChI=1S/C19H30ClN5O/c1-5-22-18(23-13-19(3,4)17(21)26)25-10-8-24(9-11-25)16-12-15(20)7-6-14(16)2/h6-7,12H,5,8-11,13H2,1-4H3,(H2,21,26)(H,22,23). The lowest BCUT2D eigenvalue weighted by atomic mass is 9.93. The molecule has 1 heterocycles. The van der Waals surface area contributed by atoms with Crippen LogP contribution >= 0.6 is 11.6 Å². The Labute approximate surface area is 161 Å². The van der Waals surface area contributed by atoms with Crippen LogP contribution in [0.25, 0.3) is 0 Å². The van der Waals surface area contributed by atoms with Crippen molar-refractivity contribution in [1.82, 2.24) is 10.2 Å². The van der Waals surface area contributed by atoms with Crippen LogP contribution in [-0.4, -0.2) is 56.0 Å². The van der Waals surface area contributed by atoms with E-state index < -0.39 is 5.41 Å². The molecular weight excluding hydrogens is 350 g/mol.